The zero-order valence-corrected chi connectivity index (χ0v) is 11.4. The second-order valence-corrected chi connectivity index (χ2v) is 4.39. The van der Waals surface area contributed by atoms with Crippen LogP contribution in [0.25, 0.3) is 11.5 Å². The molecule has 1 heterocycles. The highest BCUT2D eigenvalue weighted by atomic mass is 19.4. The van der Waals surface area contributed by atoms with Crippen LogP contribution in [0.4, 0.5) is 13.2 Å². The number of alkyl halides is 3. The van der Waals surface area contributed by atoms with Gasteiger partial charge in [-0.1, -0.05) is 6.92 Å². The van der Waals surface area contributed by atoms with Gasteiger partial charge >= 0.3 is 6.36 Å². The Balaban J connectivity index is 2.02. The molecule has 0 amide bonds. The molecule has 21 heavy (non-hydrogen) atoms. The van der Waals surface area contributed by atoms with Crippen molar-refractivity contribution in [2.24, 2.45) is 0 Å². The highest BCUT2D eigenvalue weighted by Crippen LogP contribution is 2.26. The molecule has 0 fully saturated rings. The normalized spacial score (nSPS) is 11.6. The van der Waals surface area contributed by atoms with E-state index < -0.39 is 6.36 Å². The molecule has 0 bridgehead atoms. The zero-order valence-electron chi connectivity index (χ0n) is 11.4. The van der Waals surface area contributed by atoms with E-state index in [4.69, 9.17) is 4.42 Å². The van der Waals surface area contributed by atoms with Crippen LogP contribution >= 0.6 is 0 Å². The molecule has 1 N–H and O–H groups in total. The largest absolute Gasteiger partial charge is 0.573 e. The SMILES string of the molecule is CCCNCc1coc(-c2ccc(OC(F)(F)F)cc2)n1. The molecule has 0 radical (unpaired) electrons. The Morgan fingerprint density at radius 3 is 2.57 bits per heavy atom. The number of nitrogens with zero attached hydrogens (tertiary/aromatic N) is 1. The average molecular weight is 300 g/mol. The summed E-state index contributed by atoms with van der Waals surface area (Å²) in [6.07, 6.45) is -2.15. The van der Waals surface area contributed by atoms with E-state index in [1.807, 2.05) is 0 Å². The molecule has 0 aliphatic heterocycles. The predicted molar refractivity (Wildman–Crippen MR) is 70.6 cm³/mol. The van der Waals surface area contributed by atoms with Crippen molar-refractivity contribution in [2.75, 3.05) is 6.54 Å². The summed E-state index contributed by atoms with van der Waals surface area (Å²) in [4.78, 5) is 4.26. The third-order valence-electron chi connectivity index (χ3n) is 2.62. The standard InChI is InChI=1S/C14H15F3N2O2/c1-2-7-18-8-11-9-20-13(19-11)10-3-5-12(6-4-10)21-14(15,16)17/h3-6,9,18H,2,7-8H2,1H3. The summed E-state index contributed by atoms with van der Waals surface area (Å²) in [7, 11) is 0. The fourth-order valence-corrected chi connectivity index (χ4v) is 1.71. The molecule has 4 nitrogen and oxygen atoms in total. The Hall–Kier alpha value is -2.02. The van der Waals surface area contributed by atoms with Crippen LogP contribution in [0.3, 0.4) is 0 Å². The van der Waals surface area contributed by atoms with Crippen LogP contribution in [0.15, 0.2) is 34.9 Å². The summed E-state index contributed by atoms with van der Waals surface area (Å²) >= 11 is 0. The summed E-state index contributed by atoms with van der Waals surface area (Å²) in [5.74, 6) is 0.0875. The maximum Gasteiger partial charge on any atom is 0.573 e. The number of aromatic nitrogens is 1. The fourth-order valence-electron chi connectivity index (χ4n) is 1.71. The first kappa shape index (κ1) is 15.4. The lowest BCUT2D eigenvalue weighted by Crippen LogP contribution is -2.16. The summed E-state index contributed by atoms with van der Waals surface area (Å²) in [5.41, 5.74) is 1.33. The van der Waals surface area contributed by atoms with Gasteiger partial charge in [0.25, 0.3) is 0 Å². The van der Waals surface area contributed by atoms with Gasteiger partial charge in [-0.25, -0.2) is 4.98 Å². The minimum Gasteiger partial charge on any atom is -0.444 e. The van der Waals surface area contributed by atoms with Gasteiger partial charge in [0.1, 0.15) is 12.0 Å². The second-order valence-electron chi connectivity index (χ2n) is 4.39. The molecular formula is C14H15F3N2O2. The first-order valence-electron chi connectivity index (χ1n) is 6.49. The quantitative estimate of drug-likeness (QED) is 0.826. The monoisotopic (exact) mass is 300 g/mol. The van der Waals surface area contributed by atoms with E-state index in [-0.39, 0.29) is 5.75 Å². The van der Waals surface area contributed by atoms with Crippen LogP contribution in [-0.2, 0) is 6.54 Å². The number of nitrogens with one attached hydrogen (secondary N) is 1. The molecule has 7 heteroatoms. The molecule has 0 unspecified atom stereocenters. The van der Waals surface area contributed by atoms with Gasteiger partial charge in [-0.3, -0.25) is 0 Å². The van der Waals surface area contributed by atoms with Crippen molar-refractivity contribution in [3.05, 3.63) is 36.2 Å². The number of benzene rings is 1. The van der Waals surface area contributed by atoms with E-state index in [0.717, 1.165) is 18.7 Å². The van der Waals surface area contributed by atoms with Gasteiger partial charge in [0.15, 0.2) is 0 Å². The Labute approximate surface area is 119 Å². The van der Waals surface area contributed by atoms with Crippen LogP contribution in [0, 0.1) is 0 Å². The van der Waals surface area contributed by atoms with Gasteiger partial charge in [-0.15, -0.1) is 13.2 Å². The maximum atomic E-state index is 12.1. The van der Waals surface area contributed by atoms with Gasteiger partial charge in [0, 0.05) is 12.1 Å². The number of hydrogen-bond donors (Lipinski definition) is 1. The van der Waals surface area contributed by atoms with Crippen molar-refractivity contribution in [1.82, 2.24) is 10.3 Å². The molecule has 1 aromatic carbocycles. The van der Waals surface area contributed by atoms with Crippen molar-refractivity contribution in [2.45, 2.75) is 26.3 Å². The van der Waals surface area contributed by atoms with Gasteiger partial charge in [0.05, 0.1) is 5.69 Å². The molecule has 0 aliphatic carbocycles. The van der Waals surface area contributed by atoms with Crippen LogP contribution in [-0.4, -0.2) is 17.9 Å². The Bertz CT molecular complexity index is 564. The summed E-state index contributed by atoms with van der Waals surface area (Å²) in [5, 5.41) is 3.18. The topological polar surface area (TPSA) is 47.3 Å². The molecule has 0 spiro atoms. The fraction of sp³-hybridized carbons (Fsp3) is 0.357. The Morgan fingerprint density at radius 2 is 1.95 bits per heavy atom. The number of ether oxygens (including phenoxy) is 1. The molecule has 1 aromatic heterocycles. The van der Waals surface area contributed by atoms with Crippen molar-refractivity contribution in [3.8, 4) is 17.2 Å². The van der Waals surface area contributed by atoms with Gasteiger partial charge < -0.3 is 14.5 Å². The predicted octanol–water partition coefficient (Wildman–Crippen LogP) is 3.74. The Morgan fingerprint density at radius 1 is 1.24 bits per heavy atom. The molecular weight excluding hydrogens is 285 g/mol. The zero-order chi connectivity index (χ0) is 15.3. The van der Waals surface area contributed by atoms with E-state index in [1.54, 1.807) is 0 Å². The Kier molecular flexibility index (Phi) is 4.85. The van der Waals surface area contributed by atoms with E-state index in [1.165, 1.54) is 30.5 Å². The minimum atomic E-state index is -4.69. The molecule has 0 saturated heterocycles. The van der Waals surface area contributed by atoms with Crippen LogP contribution < -0.4 is 10.1 Å². The number of rotatable bonds is 6. The average Bonchev–Trinajstić information content (AvgIpc) is 2.87. The van der Waals surface area contributed by atoms with Gasteiger partial charge in [0.2, 0.25) is 5.89 Å². The van der Waals surface area contributed by atoms with Gasteiger partial charge in [-0.05, 0) is 37.2 Å². The molecule has 2 rings (SSSR count). The lowest BCUT2D eigenvalue weighted by Gasteiger charge is -2.08. The van der Waals surface area contributed by atoms with Crippen molar-refractivity contribution >= 4 is 0 Å². The van der Waals surface area contributed by atoms with Crippen molar-refractivity contribution in [1.29, 1.82) is 0 Å². The van der Waals surface area contributed by atoms with Crippen molar-refractivity contribution in [3.63, 3.8) is 0 Å². The maximum absolute atomic E-state index is 12.1. The smallest absolute Gasteiger partial charge is 0.444 e. The molecule has 0 aliphatic rings. The lowest BCUT2D eigenvalue weighted by molar-refractivity contribution is -0.274. The molecule has 2 aromatic rings. The third-order valence-corrected chi connectivity index (χ3v) is 2.62. The molecule has 0 saturated carbocycles. The minimum absolute atomic E-state index is 0.275. The van der Waals surface area contributed by atoms with Gasteiger partial charge in [-0.2, -0.15) is 0 Å². The van der Waals surface area contributed by atoms with E-state index >= 15 is 0 Å². The number of halogens is 3. The number of oxazole rings is 1. The first-order chi connectivity index (χ1) is 9.98. The highest BCUT2D eigenvalue weighted by Gasteiger charge is 2.31. The third kappa shape index (κ3) is 4.78. The van der Waals surface area contributed by atoms with Crippen LogP contribution in [0.2, 0.25) is 0 Å². The number of hydrogen-bond acceptors (Lipinski definition) is 4. The van der Waals surface area contributed by atoms with E-state index in [9.17, 15) is 13.2 Å². The highest BCUT2D eigenvalue weighted by molar-refractivity contribution is 5.54. The lowest BCUT2D eigenvalue weighted by atomic mass is 10.2. The van der Waals surface area contributed by atoms with Crippen LogP contribution in [0.5, 0.6) is 5.75 Å². The van der Waals surface area contributed by atoms with E-state index in [0.29, 0.717) is 18.0 Å². The summed E-state index contributed by atoms with van der Waals surface area (Å²) < 4.78 is 45.3. The molecule has 114 valence electrons. The first-order valence-corrected chi connectivity index (χ1v) is 6.49. The van der Waals surface area contributed by atoms with E-state index in [2.05, 4.69) is 22.0 Å². The van der Waals surface area contributed by atoms with Crippen molar-refractivity contribution < 1.29 is 22.3 Å². The second kappa shape index (κ2) is 6.62. The molecule has 0 atom stereocenters. The summed E-state index contributed by atoms with van der Waals surface area (Å²) in [6, 6.07) is 5.39. The summed E-state index contributed by atoms with van der Waals surface area (Å²) in [6.45, 7) is 3.53. The van der Waals surface area contributed by atoms with Crippen LogP contribution in [0.1, 0.15) is 19.0 Å².